The summed E-state index contributed by atoms with van der Waals surface area (Å²) in [4.78, 5) is 0. The van der Waals surface area contributed by atoms with Gasteiger partial charge in [0.2, 0.25) is 0 Å². The lowest BCUT2D eigenvalue weighted by Crippen LogP contribution is -2.52. The Morgan fingerprint density at radius 2 is 1.86 bits per heavy atom. The van der Waals surface area contributed by atoms with Crippen molar-refractivity contribution in [1.82, 2.24) is 5.32 Å². The Kier molecular flexibility index (Phi) is 4.52. The molecule has 0 bridgehead atoms. The molecule has 0 aliphatic carbocycles. The van der Waals surface area contributed by atoms with Crippen molar-refractivity contribution < 1.29 is 14.2 Å². The fourth-order valence-electron chi connectivity index (χ4n) is 3.23. The second-order valence-corrected chi connectivity index (χ2v) is 5.54. The van der Waals surface area contributed by atoms with Crippen LogP contribution < -0.4 is 5.32 Å². The molecule has 1 aliphatic rings. The number of halogens is 1. The van der Waals surface area contributed by atoms with Gasteiger partial charge in [0.1, 0.15) is 11.4 Å². The number of aliphatic hydroxyl groups excluding tert-OH is 1. The minimum absolute atomic E-state index is 0.111. The molecule has 2 unspecified atom stereocenters. The number of aliphatic hydroxyl groups is 1. The van der Waals surface area contributed by atoms with Crippen molar-refractivity contribution in [1.29, 1.82) is 0 Å². The third-order valence-electron chi connectivity index (χ3n) is 4.30. The summed E-state index contributed by atoms with van der Waals surface area (Å²) in [5.74, 6) is -0.640. The first-order chi connectivity index (χ1) is 10.8. The Balaban J connectivity index is 2.11. The van der Waals surface area contributed by atoms with Gasteiger partial charge in [-0.2, -0.15) is 0 Å². The average molecular weight is 301 g/mol. The van der Waals surface area contributed by atoms with Crippen molar-refractivity contribution >= 4 is 0 Å². The number of hydrogen-bond acceptors (Lipinski definition) is 3. The van der Waals surface area contributed by atoms with E-state index in [9.17, 15) is 9.50 Å². The number of rotatable bonds is 4. The van der Waals surface area contributed by atoms with E-state index in [1.54, 1.807) is 18.2 Å². The highest BCUT2D eigenvalue weighted by Gasteiger charge is 2.45. The fraction of sp³-hybridized carbons (Fsp3) is 0.333. The minimum atomic E-state index is -0.903. The van der Waals surface area contributed by atoms with E-state index >= 15 is 0 Å². The van der Waals surface area contributed by atoms with Gasteiger partial charge < -0.3 is 15.2 Å². The van der Waals surface area contributed by atoms with Gasteiger partial charge in [0.05, 0.1) is 13.2 Å². The first-order valence-corrected chi connectivity index (χ1v) is 7.53. The maximum absolute atomic E-state index is 14.4. The molecule has 0 radical (unpaired) electrons. The molecule has 2 aromatic carbocycles. The lowest BCUT2D eigenvalue weighted by molar-refractivity contribution is -0.101. The maximum atomic E-state index is 14.4. The zero-order chi connectivity index (χ0) is 15.4. The maximum Gasteiger partial charge on any atom is 0.129 e. The molecule has 2 aromatic rings. The van der Waals surface area contributed by atoms with Gasteiger partial charge >= 0.3 is 0 Å². The lowest BCUT2D eigenvalue weighted by atomic mass is 9.76. The van der Waals surface area contributed by atoms with Crippen molar-refractivity contribution in [3.63, 3.8) is 0 Å². The highest BCUT2D eigenvalue weighted by atomic mass is 19.1. The minimum Gasteiger partial charge on any atom is -0.396 e. The second-order valence-electron chi connectivity index (χ2n) is 5.54. The van der Waals surface area contributed by atoms with E-state index in [-0.39, 0.29) is 18.3 Å². The molecule has 1 saturated heterocycles. The standard InChI is InChI=1S/C18H20FNO2/c19-17-9-5-4-8-15(17)18(13-20-10-11-22-18)16(12-21)14-6-2-1-3-7-14/h1-9,16,20-21H,10-13H2. The Bertz CT molecular complexity index is 611. The van der Waals surface area contributed by atoms with Crippen LogP contribution in [0, 0.1) is 5.82 Å². The molecule has 0 spiro atoms. The summed E-state index contributed by atoms with van der Waals surface area (Å²) >= 11 is 0. The smallest absolute Gasteiger partial charge is 0.129 e. The number of nitrogens with one attached hydrogen (secondary N) is 1. The van der Waals surface area contributed by atoms with E-state index in [2.05, 4.69) is 5.32 Å². The van der Waals surface area contributed by atoms with Crippen LogP contribution in [0.2, 0.25) is 0 Å². The van der Waals surface area contributed by atoms with Crippen LogP contribution in [0.15, 0.2) is 54.6 Å². The summed E-state index contributed by atoms with van der Waals surface area (Å²) in [6, 6.07) is 16.3. The summed E-state index contributed by atoms with van der Waals surface area (Å²) in [5.41, 5.74) is 0.529. The van der Waals surface area contributed by atoms with E-state index in [0.717, 1.165) is 12.1 Å². The number of morpholine rings is 1. The van der Waals surface area contributed by atoms with Crippen LogP contribution in [-0.2, 0) is 10.3 Å². The number of ether oxygens (including phenoxy) is 1. The van der Waals surface area contributed by atoms with Crippen molar-refractivity contribution in [2.75, 3.05) is 26.3 Å². The SMILES string of the molecule is OCC(c1ccccc1)C1(c2ccccc2F)CNCCO1. The molecule has 2 atom stereocenters. The largest absolute Gasteiger partial charge is 0.396 e. The fourth-order valence-corrected chi connectivity index (χ4v) is 3.23. The first-order valence-electron chi connectivity index (χ1n) is 7.53. The molecule has 3 nitrogen and oxygen atoms in total. The zero-order valence-corrected chi connectivity index (χ0v) is 12.3. The van der Waals surface area contributed by atoms with Gasteiger partial charge in [-0.05, 0) is 11.6 Å². The molecule has 22 heavy (non-hydrogen) atoms. The topological polar surface area (TPSA) is 41.5 Å². The quantitative estimate of drug-likeness (QED) is 0.911. The molecule has 0 aromatic heterocycles. The van der Waals surface area contributed by atoms with E-state index in [4.69, 9.17) is 4.74 Å². The monoisotopic (exact) mass is 301 g/mol. The Morgan fingerprint density at radius 3 is 2.50 bits per heavy atom. The second kappa shape index (κ2) is 6.57. The normalized spacial score (nSPS) is 23.2. The van der Waals surface area contributed by atoms with Crippen molar-refractivity contribution in [3.8, 4) is 0 Å². The number of benzene rings is 2. The highest BCUT2D eigenvalue weighted by Crippen LogP contribution is 2.41. The Labute approximate surface area is 129 Å². The van der Waals surface area contributed by atoms with Crippen LogP contribution in [-0.4, -0.2) is 31.4 Å². The third-order valence-corrected chi connectivity index (χ3v) is 4.30. The zero-order valence-electron chi connectivity index (χ0n) is 12.3. The lowest BCUT2D eigenvalue weighted by Gasteiger charge is -2.43. The van der Waals surface area contributed by atoms with Crippen LogP contribution in [0.1, 0.15) is 17.0 Å². The molecule has 1 aliphatic heterocycles. The van der Waals surface area contributed by atoms with E-state index in [1.165, 1.54) is 6.07 Å². The van der Waals surface area contributed by atoms with Crippen molar-refractivity contribution in [2.45, 2.75) is 11.5 Å². The molecule has 1 heterocycles. The van der Waals surface area contributed by atoms with Crippen molar-refractivity contribution in [2.24, 2.45) is 0 Å². The van der Waals surface area contributed by atoms with Crippen LogP contribution in [0.3, 0.4) is 0 Å². The van der Waals surface area contributed by atoms with Crippen LogP contribution in [0.5, 0.6) is 0 Å². The molecule has 3 rings (SSSR count). The Morgan fingerprint density at radius 1 is 1.14 bits per heavy atom. The van der Waals surface area contributed by atoms with Crippen LogP contribution >= 0.6 is 0 Å². The van der Waals surface area contributed by atoms with Gasteiger partial charge in [0, 0.05) is 24.6 Å². The highest BCUT2D eigenvalue weighted by molar-refractivity contribution is 5.33. The van der Waals surface area contributed by atoms with Gasteiger partial charge in [-0.15, -0.1) is 0 Å². The molecular weight excluding hydrogens is 281 g/mol. The summed E-state index contributed by atoms with van der Waals surface area (Å²) in [6.07, 6.45) is 0. The van der Waals surface area contributed by atoms with Crippen LogP contribution in [0.4, 0.5) is 4.39 Å². The van der Waals surface area contributed by atoms with Gasteiger partial charge in [-0.25, -0.2) is 4.39 Å². The molecule has 1 fully saturated rings. The molecule has 4 heteroatoms. The van der Waals surface area contributed by atoms with Crippen molar-refractivity contribution in [3.05, 3.63) is 71.5 Å². The van der Waals surface area contributed by atoms with E-state index in [1.807, 2.05) is 30.3 Å². The predicted octanol–water partition coefficient (Wildman–Crippen LogP) is 2.42. The number of hydrogen-bond donors (Lipinski definition) is 2. The molecular formula is C18H20FNO2. The van der Waals surface area contributed by atoms with E-state index < -0.39 is 5.60 Å². The molecule has 2 N–H and O–H groups in total. The third kappa shape index (κ3) is 2.65. The van der Waals surface area contributed by atoms with Gasteiger partial charge in [-0.3, -0.25) is 0 Å². The average Bonchev–Trinajstić information content (AvgIpc) is 2.58. The summed E-state index contributed by atoms with van der Waals surface area (Å²) < 4.78 is 20.5. The summed E-state index contributed by atoms with van der Waals surface area (Å²) in [7, 11) is 0. The molecule has 0 amide bonds. The predicted molar refractivity (Wildman–Crippen MR) is 83.2 cm³/mol. The summed E-state index contributed by atoms with van der Waals surface area (Å²) in [6.45, 7) is 1.56. The van der Waals surface area contributed by atoms with Gasteiger partial charge in [0.25, 0.3) is 0 Å². The van der Waals surface area contributed by atoms with Gasteiger partial charge in [-0.1, -0.05) is 48.5 Å². The first kappa shape index (κ1) is 15.2. The van der Waals surface area contributed by atoms with E-state index in [0.29, 0.717) is 18.7 Å². The van der Waals surface area contributed by atoms with Crippen LogP contribution in [0.25, 0.3) is 0 Å². The summed E-state index contributed by atoms with van der Waals surface area (Å²) in [5, 5.41) is 13.3. The molecule has 0 saturated carbocycles. The van der Waals surface area contributed by atoms with Gasteiger partial charge in [0.15, 0.2) is 0 Å². The molecule has 116 valence electrons. The Hall–Kier alpha value is -1.75.